The van der Waals surface area contributed by atoms with Crippen LogP contribution in [-0.2, 0) is 12.8 Å². The molecule has 0 saturated heterocycles. The Balaban J connectivity index is 3.20. The Labute approximate surface area is 85.3 Å². The molecule has 0 N–H and O–H groups in total. The summed E-state index contributed by atoms with van der Waals surface area (Å²) in [5, 5.41) is 1.75. The van der Waals surface area contributed by atoms with Gasteiger partial charge in [-0.1, -0.05) is 43.4 Å². The molecule has 0 spiro atoms. The van der Waals surface area contributed by atoms with Crippen LogP contribution < -0.4 is 0 Å². The van der Waals surface area contributed by atoms with Crippen molar-refractivity contribution < 1.29 is 0 Å². The Kier molecular flexibility index (Phi) is 3.84. The summed E-state index contributed by atoms with van der Waals surface area (Å²) in [6.45, 7) is 5.92. The predicted octanol–water partition coefficient (Wildman–Crippen LogP) is 3.33. The number of hydrogen-bond acceptors (Lipinski definition) is 1. The molecule has 0 saturated carbocycles. The molecular weight excluding hydrogens is 176 g/mol. The van der Waals surface area contributed by atoms with Crippen molar-refractivity contribution in [3.05, 3.63) is 47.5 Å². The molecule has 0 atom stereocenters. The number of rotatable bonds is 4. The second-order valence-corrected chi connectivity index (χ2v) is 3.18. The van der Waals surface area contributed by atoms with E-state index in [1.807, 2.05) is 6.08 Å². The van der Waals surface area contributed by atoms with Crippen LogP contribution in [0, 0.1) is 0 Å². The fourth-order valence-electron chi connectivity index (χ4n) is 1.49. The highest BCUT2D eigenvalue weighted by Gasteiger charge is 2.02. The molecule has 0 amide bonds. The fraction of sp³-hybridized carbons (Fsp3) is 0.250. The van der Waals surface area contributed by atoms with Gasteiger partial charge in [0.15, 0.2) is 0 Å². The summed E-state index contributed by atoms with van der Waals surface area (Å²) in [4.78, 5) is 0. The molecule has 0 nitrogen and oxygen atoms in total. The summed E-state index contributed by atoms with van der Waals surface area (Å²) in [7, 11) is 0. The lowest BCUT2D eigenvalue weighted by atomic mass is 9.97. The van der Waals surface area contributed by atoms with Crippen molar-refractivity contribution in [2.45, 2.75) is 19.8 Å². The maximum Gasteiger partial charge on any atom is 0.00890 e. The van der Waals surface area contributed by atoms with E-state index in [0.717, 1.165) is 18.4 Å². The van der Waals surface area contributed by atoms with Crippen LogP contribution >= 0.6 is 12.2 Å². The van der Waals surface area contributed by atoms with E-state index in [9.17, 15) is 0 Å². The first-order valence-corrected chi connectivity index (χ1v) is 4.97. The van der Waals surface area contributed by atoms with Gasteiger partial charge >= 0.3 is 0 Å². The molecule has 0 heterocycles. The highest BCUT2D eigenvalue weighted by atomic mass is 32.1. The van der Waals surface area contributed by atoms with E-state index in [2.05, 4.69) is 31.7 Å². The Morgan fingerprint density at radius 2 is 2.23 bits per heavy atom. The summed E-state index contributed by atoms with van der Waals surface area (Å²) in [6, 6.07) is 6.27. The Morgan fingerprint density at radius 1 is 1.46 bits per heavy atom. The van der Waals surface area contributed by atoms with Gasteiger partial charge in [-0.25, -0.2) is 0 Å². The molecule has 1 heteroatoms. The summed E-state index contributed by atoms with van der Waals surface area (Å²) in [5.41, 5.74) is 3.86. The topological polar surface area (TPSA) is 0 Å². The van der Waals surface area contributed by atoms with Crippen molar-refractivity contribution in [1.82, 2.24) is 0 Å². The number of hydrogen-bond donors (Lipinski definition) is 0. The first-order chi connectivity index (χ1) is 6.33. The third-order valence-electron chi connectivity index (χ3n) is 2.17. The molecule has 0 aliphatic rings. The van der Waals surface area contributed by atoms with Crippen LogP contribution in [0.15, 0.2) is 30.9 Å². The Morgan fingerprint density at radius 3 is 2.77 bits per heavy atom. The van der Waals surface area contributed by atoms with Gasteiger partial charge in [0.25, 0.3) is 0 Å². The van der Waals surface area contributed by atoms with Crippen LogP contribution in [0.1, 0.15) is 23.6 Å². The number of benzene rings is 1. The van der Waals surface area contributed by atoms with Crippen LogP contribution in [-0.4, -0.2) is 5.37 Å². The van der Waals surface area contributed by atoms with E-state index >= 15 is 0 Å². The van der Waals surface area contributed by atoms with E-state index in [-0.39, 0.29) is 0 Å². The average molecular weight is 190 g/mol. The van der Waals surface area contributed by atoms with Gasteiger partial charge in [0.05, 0.1) is 0 Å². The maximum absolute atomic E-state index is 4.97. The fourth-order valence-corrected chi connectivity index (χ4v) is 1.71. The van der Waals surface area contributed by atoms with Gasteiger partial charge in [0.1, 0.15) is 0 Å². The van der Waals surface area contributed by atoms with Crippen molar-refractivity contribution in [1.29, 1.82) is 0 Å². The Hall–Kier alpha value is -0.950. The zero-order valence-corrected chi connectivity index (χ0v) is 8.73. The predicted molar refractivity (Wildman–Crippen MR) is 62.5 cm³/mol. The van der Waals surface area contributed by atoms with Gasteiger partial charge in [-0.15, -0.1) is 6.58 Å². The zero-order chi connectivity index (χ0) is 9.68. The SMILES string of the molecule is C=CCc1c(C=S)cccc1CC. The summed E-state index contributed by atoms with van der Waals surface area (Å²) in [5.74, 6) is 0. The van der Waals surface area contributed by atoms with Crippen molar-refractivity contribution in [2.24, 2.45) is 0 Å². The van der Waals surface area contributed by atoms with E-state index < -0.39 is 0 Å². The Bertz CT molecular complexity index is 313. The molecule has 1 aromatic rings. The molecule has 13 heavy (non-hydrogen) atoms. The van der Waals surface area contributed by atoms with E-state index in [1.54, 1.807) is 5.37 Å². The molecule has 0 bridgehead atoms. The van der Waals surface area contributed by atoms with Crippen molar-refractivity contribution in [3.63, 3.8) is 0 Å². The molecule has 0 fully saturated rings. The van der Waals surface area contributed by atoms with Crippen molar-refractivity contribution >= 4 is 17.6 Å². The largest absolute Gasteiger partial charge is 0.103 e. The summed E-state index contributed by atoms with van der Waals surface area (Å²) < 4.78 is 0. The molecule has 0 unspecified atom stereocenters. The van der Waals surface area contributed by atoms with Crippen molar-refractivity contribution in [3.8, 4) is 0 Å². The standard InChI is InChI=1S/C12H14S/c1-3-6-12-10(4-2)7-5-8-11(12)9-13/h3,5,7-9H,1,4,6H2,2H3. The van der Waals surface area contributed by atoms with Crippen LogP contribution in [0.5, 0.6) is 0 Å². The van der Waals surface area contributed by atoms with Gasteiger partial charge in [-0.3, -0.25) is 0 Å². The van der Waals surface area contributed by atoms with E-state index in [1.165, 1.54) is 11.1 Å². The zero-order valence-electron chi connectivity index (χ0n) is 7.92. The van der Waals surface area contributed by atoms with Crippen LogP contribution in [0.4, 0.5) is 0 Å². The second-order valence-electron chi connectivity index (χ2n) is 2.95. The quantitative estimate of drug-likeness (QED) is 0.518. The highest BCUT2D eigenvalue weighted by molar-refractivity contribution is 7.79. The van der Waals surface area contributed by atoms with Crippen LogP contribution in [0.25, 0.3) is 0 Å². The minimum atomic E-state index is 0.909. The molecule has 1 aromatic carbocycles. The van der Waals surface area contributed by atoms with Crippen LogP contribution in [0.3, 0.4) is 0 Å². The first-order valence-electron chi connectivity index (χ1n) is 4.50. The lowest BCUT2D eigenvalue weighted by Crippen LogP contribution is -1.96. The molecule has 1 rings (SSSR count). The van der Waals surface area contributed by atoms with Gasteiger partial charge in [-0.05, 0) is 29.5 Å². The normalized spacial score (nSPS) is 9.62. The van der Waals surface area contributed by atoms with Gasteiger partial charge in [0, 0.05) is 5.37 Å². The molecular formula is C12H14S. The van der Waals surface area contributed by atoms with Gasteiger partial charge in [-0.2, -0.15) is 0 Å². The summed E-state index contributed by atoms with van der Waals surface area (Å²) >= 11 is 4.97. The minimum Gasteiger partial charge on any atom is -0.103 e. The lowest BCUT2D eigenvalue weighted by Gasteiger charge is -2.08. The minimum absolute atomic E-state index is 0.909. The third kappa shape index (κ3) is 2.25. The van der Waals surface area contributed by atoms with E-state index in [0.29, 0.717) is 0 Å². The molecule has 0 aromatic heterocycles. The average Bonchev–Trinajstić information content (AvgIpc) is 2.18. The highest BCUT2D eigenvalue weighted by Crippen LogP contribution is 2.15. The molecule has 0 aliphatic carbocycles. The molecule has 68 valence electrons. The maximum atomic E-state index is 4.97. The summed E-state index contributed by atoms with van der Waals surface area (Å²) in [6.07, 6.45) is 3.89. The van der Waals surface area contributed by atoms with Gasteiger partial charge in [0.2, 0.25) is 0 Å². The monoisotopic (exact) mass is 190 g/mol. The smallest absolute Gasteiger partial charge is 0.00890 e. The lowest BCUT2D eigenvalue weighted by molar-refractivity contribution is 1.08. The third-order valence-corrected chi connectivity index (χ3v) is 2.42. The number of aryl methyl sites for hydroxylation is 1. The van der Waals surface area contributed by atoms with Crippen molar-refractivity contribution in [2.75, 3.05) is 0 Å². The van der Waals surface area contributed by atoms with Gasteiger partial charge < -0.3 is 0 Å². The number of thiocarbonyl (C=S) groups is 1. The van der Waals surface area contributed by atoms with E-state index in [4.69, 9.17) is 12.2 Å². The first kappa shape index (κ1) is 10.1. The molecule has 0 radical (unpaired) electrons. The molecule has 0 aliphatic heterocycles. The van der Waals surface area contributed by atoms with Crippen LogP contribution in [0.2, 0.25) is 0 Å². The second kappa shape index (κ2) is 4.93. The number of allylic oxidation sites excluding steroid dienone is 1.